The first-order valence-corrected chi connectivity index (χ1v) is 5.28. The van der Waals surface area contributed by atoms with Crippen molar-refractivity contribution in [2.45, 2.75) is 13.3 Å². The SMILES string of the molecule is CC(CN)Cc1cnc2sccn12. The maximum absolute atomic E-state index is 5.58. The largest absolute Gasteiger partial charge is 0.330 e. The minimum Gasteiger partial charge on any atom is -0.330 e. The summed E-state index contributed by atoms with van der Waals surface area (Å²) >= 11 is 1.66. The molecular formula is C9H13N3S. The van der Waals surface area contributed by atoms with E-state index in [0.717, 1.165) is 17.9 Å². The summed E-state index contributed by atoms with van der Waals surface area (Å²) in [5.41, 5.74) is 6.84. The normalized spacial score (nSPS) is 13.7. The number of thiazole rings is 1. The van der Waals surface area contributed by atoms with Crippen LogP contribution in [0.1, 0.15) is 12.6 Å². The summed E-state index contributed by atoms with van der Waals surface area (Å²) in [4.78, 5) is 5.38. The maximum Gasteiger partial charge on any atom is 0.193 e. The summed E-state index contributed by atoms with van der Waals surface area (Å²) in [7, 11) is 0. The summed E-state index contributed by atoms with van der Waals surface area (Å²) in [5, 5.41) is 2.05. The fourth-order valence-electron chi connectivity index (χ4n) is 1.37. The van der Waals surface area contributed by atoms with Crippen LogP contribution in [-0.4, -0.2) is 15.9 Å². The van der Waals surface area contributed by atoms with Crippen LogP contribution in [0.25, 0.3) is 4.96 Å². The number of fused-ring (bicyclic) bond motifs is 1. The smallest absolute Gasteiger partial charge is 0.193 e. The molecule has 0 aliphatic heterocycles. The molecule has 0 aliphatic rings. The number of hydrogen-bond acceptors (Lipinski definition) is 3. The molecule has 0 amide bonds. The lowest BCUT2D eigenvalue weighted by Gasteiger charge is -2.05. The molecule has 4 heteroatoms. The molecule has 2 heterocycles. The minimum absolute atomic E-state index is 0.528. The fraction of sp³-hybridized carbons (Fsp3) is 0.444. The highest BCUT2D eigenvalue weighted by molar-refractivity contribution is 7.15. The molecule has 0 radical (unpaired) electrons. The predicted octanol–water partition coefficient (Wildman–Crippen LogP) is 1.53. The molecule has 1 unspecified atom stereocenters. The first kappa shape index (κ1) is 8.72. The lowest BCUT2D eigenvalue weighted by Crippen LogP contribution is -2.13. The molecule has 0 fully saturated rings. The van der Waals surface area contributed by atoms with Crippen LogP contribution in [-0.2, 0) is 6.42 Å². The quantitative estimate of drug-likeness (QED) is 0.807. The maximum atomic E-state index is 5.58. The van der Waals surface area contributed by atoms with Gasteiger partial charge in [0.2, 0.25) is 0 Å². The standard InChI is InChI=1S/C9H13N3S/c1-7(5-10)4-8-6-11-9-12(8)2-3-13-9/h2-3,6-7H,4-5,10H2,1H3. The van der Waals surface area contributed by atoms with E-state index in [2.05, 4.69) is 27.9 Å². The number of rotatable bonds is 3. The number of nitrogens with zero attached hydrogens (tertiary/aromatic N) is 2. The van der Waals surface area contributed by atoms with Crippen LogP contribution in [0, 0.1) is 5.92 Å². The van der Waals surface area contributed by atoms with Crippen molar-refractivity contribution in [3.8, 4) is 0 Å². The van der Waals surface area contributed by atoms with Crippen molar-refractivity contribution in [2.75, 3.05) is 6.54 Å². The van der Waals surface area contributed by atoms with Gasteiger partial charge in [0.05, 0.1) is 6.20 Å². The first-order chi connectivity index (χ1) is 6.31. The third kappa shape index (κ3) is 1.59. The Morgan fingerprint density at radius 3 is 3.31 bits per heavy atom. The Morgan fingerprint density at radius 1 is 1.69 bits per heavy atom. The summed E-state index contributed by atoms with van der Waals surface area (Å²) in [6.45, 7) is 2.89. The molecule has 2 aromatic heterocycles. The molecule has 0 bridgehead atoms. The Morgan fingerprint density at radius 2 is 2.54 bits per heavy atom. The highest BCUT2D eigenvalue weighted by Gasteiger charge is 2.07. The molecule has 0 aliphatic carbocycles. The van der Waals surface area contributed by atoms with Crippen molar-refractivity contribution in [3.05, 3.63) is 23.5 Å². The van der Waals surface area contributed by atoms with Crippen LogP contribution in [0.15, 0.2) is 17.8 Å². The highest BCUT2D eigenvalue weighted by atomic mass is 32.1. The molecule has 0 aromatic carbocycles. The average Bonchev–Trinajstić information content (AvgIpc) is 2.69. The van der Waals surface area contributed by atoms with Crippen LogP contribution >= 0.6 is 11.3 Å². The Bertz CT molecular complexity index is 390. The number of imidazole rings is 1. The lowest BCUT2D eigenvalue weighted by atomic mass is 10.1. The molecular weight excluding hydrogens is 182 g/mol. The zero-order chi connectivity index (χ0) is 9.26. The van der Waals surface area contributed by atoms with E-state index in [9.17, 15) is 0 Å². The molecule has 70 valence electrons. The number of hydrogen-bond donors (Lipinski definition) is 1. The lowest BCUT2D eigenvalue weighted by molar-refractivity contribution is 0.582. The molecule has 0 saturated heterocycles. The number of aromatic nitrogens is 2. The third-order valence-electron chi connectivity index (χ3n) is 2.18. The Kier molecular flexibility index (Phi) is 2.33. The summed E-state index contributed by atoms with van der Waals surface area (Å²) in [6.07, 6.45) is 5.01. The summed E-state index contributed by atoms with van der Waals surface area (Å²) < 4.78 is 2.14. The van der Waals surface area contributed by atoms with Gasteiger partial charge in [-0.25, -0.2) is 4.98 Å². The molecule has 13 heavy (non-hydrogen) atoms. The van der Waals surface area contributed by atoms with Gasteiger partial charge in [-0.3, -0.25) is 4.40 Å². The zero-order valence-electron chi connectivity index (χ0n) is 7.60. The van der Waals surface area contributed by atoms with Gasteiger partial charge in [-0.2, -0.15) is 0 Å². The topological polar surface area (TPSA) is 43.3 Å². The van der Waals surface area contributed by atoms with Crippen LogP contribution in [0.3, 0.4) is 0 Å². The van der Waals surface area contributed by atoms with Crippen molar-refractivity contribution in [1.29, 1.82) is 0 Å². The van der Waals surface area contributed by atoms with Gasteiger partial charge < -0.3 is 5.73 Å². The Labute approximate surface area is 81.2 Å². The van der Waals surface area contributed by atoms with E-state index in [-0.39, 0.29) is 0 Å². The van der Waals surface area contributed by atoms with Gasteiger partial charge in [0.1, 0.15) is 0 Å². The summed E-state index contributed by atoms with van der Waals surface area (Å²) in [5.74, 6) is 0.528. The second kappa shape index (κ2) is 3.47. The molecule has 1 atom stereocenters. The van der Waals surface area contributed by atoms with Gasteiger partial charge in [-0.1, -0.05) is 6.92 Å². The second-order valence-corrected chi connectivity index (χ2v) is 4.22. The minimum atomic E-state index is 0.528. The fourth-order valence-corrected chi connectivity index (χ4v) is 2.08. The zero-order valence-corrected chi connectivity index (χ0v) is 8.42. The van der Waals surface area contributed by atoms with Gasteiger partial charge in [-0.15, -0.1) is 11.3 Å². The average molecular weight is 195 g/mol. The van der Waals surface area contributed by atoms with E-state index >= 15 is 0 Å². The van der Waals surface area contributed by atoms with E-state index in [1.807, 2.05) is 6.20 Å². The van der Waals surface area contributed by atoms with E-state index in [1.165, 1.54) is 5.69 Å². The van der Waals surface area contributed by atoms with Crippen LogP contribution in [0.4, 0.5) is 0 Å². The van der Waals surface area contributed by atoms with E-state index in [0.29, 0.717) is 5.92 Å². The van der Waals surface area contributed by atoms with Crippen LogP contribution < -0.4 is 5.73 Å². The van der Waals surface area contributed by atoms with Crippen molar-refractivity contribution in [1.82, 2.24) is 9.38 Å². The van der Waals surface area contributed by atoms with Gasteiger partial charge in [0, 0.05) is 17.3 Å². The molecule has 0 saturated carbocycles. The van der Waals surface area contributed by atoms with Gasteiger partial charge in [0.15, 0.2) is 4.96 Å². The Hall–Kier alpha value is -0.870. The van der Waals surface area contributed by atoms with E-state index in [1.54, 1.807) is 11.3 Å². The van der Waals surface area contributed by atoms with Crippen molar-refractivity contribution in [2.24, 2.45) is 11.7 Å². The predicted molar refractivity (Wildman–Crippen MR) is 55.0 cm³/mol. The van der Waals surface area contributed by atoms with E-state index in [4.69, 9.17) is 5.73 Å². The monoisotopic (exact) mass is 195 g/mol. The molecule has 2 N–H and O–H groups in total. The number of nitrogens with two attached hydrogens (primary N) is 1. The summed E-state index contributed by atoms with van der Waals surface area (Å²) in [6, 6.07) is 0. The highest BCUT2D eigenvalue weighted by Crippen LogP contribution is 2.15. The molecule has 0 spiro atoms. The van der Waals surface area contributed by atoms with Gasteiger partial charge in [-0.05, 0) is 18.9 Å². The van der Waals surface area contributed by atoms with E-state index < -0.39 is 0 Å². The molecule has 2 aromatic rings. The molecule has 3 nitrogen and oxygen atoms in total. The second-order valence-electron chi connectivity index (χ2n) is 3.35. The van der Waals surface area contributed by atoms with Gasteiger partial charge >= 0.3 is 0 Å². The van der Waals surface area contributed by atoms with Gasteiger partial charge in [0.25, 0.3) is 0 Å². The van der Waals surface area contributed by atoms with Crippen molar-refractivity contribution >= 4 is 16.3 Å². The van der Waals surface area contributed by atoms with Crippen molar-refractivity contribution in [3.63, 3.8) is 0 Å². The van der Waals surface area contributed by atoms with Crippen molar-refractivity contribution < 1.29 is 0 Å². The van der Waals surface area contributed by atoms with Crippen LogP contribution in [0.5, 0.6) is 0 Å². The van der Waals surface area contributed by atoms with Crippen LogP contribution in [0.2, 0.25) is 0 Å². The first-order valence-electron chi connectivity index (χ1n) is 4.40. The molecule has 2 rings (SSSR count). The Balaban J connectivity index is 2.27. The third-order valence-corrected chi connectivity index (χ3v) is 2.95.